The summed E-state index contributed by atoms with van der Waals surface area (Å²) in [5.74, 6) is 1.30. The Morgan fingerprint density at radius 1 is 0.870 bits per heavy atom. The van der Waals surface area contributed by atoms with Gasteiger partial charge in [0.25, 0.3) is 5.91 Å². The number of carbonyl (C=O) groups excluding carboxylic acids is 1. The first-order valence-electron chi connectivity index (χ1n) is 8.46. The van der Waals surface area contributed by atoms with Gasteiger partial charge in [0.2, 0.25) is 0 Å². The van der Waals surface area contributed by atoms with Crippen molar-refractivity contribution in [2.75, 3.05) is 0 Å². The molecule has 1 amide bonds. The van der Waals surface area contributed by atoms with Crippen LogP contribution < -0.4 is 10.1 Å². The molecule has 23 heavy (non-hydrogen) atoms. The Morgan fingerprint density at radius 3 is 2.26 bits per heavy atom. The van der Waals surface area contributed by atoms with Crippen LogP contribution in [-0.4, -0.2) is 11.9 Å². The van der Waals surface area contributed by atoms with E-state index >= 15 is 0 Å². The SMILES string of the molecule is O=C(NC1CCCCCC1)c1ccccc1Oc1ccccc1. The van der Waals surface area contributed by atoms with Gasteiger partial charge in [-0.1, -0.05) is 56.0 Å². The minimum atomic E-state index is -0.0385. The van der Waals surface area contributed by atoms with Gasteiger partial charge in [0.15, 0.2) is 0 Å². The van der Waals surface area contributed by atoms with E-state index in [1.54, 1.807) is 0 Å². The molecule has 0 atom stereocenters. The van der Waals surface area contributed by atoms with E-state index < -0.39 is 0 Å². The maximum absolute atomic E-state index is 12.6. The molecule has 0 unspecified atom stereocenters. The number of benzene rings is 2. The summed E-state index contributed by atoms with van der Waals surface area (Å²) >= 11 is 0. The molecule has 1 aliphatic rings. The van der Waals surface area contributed by atoms with E-state index in [-0.39, 0.29) is 11.9 Å². The lowest BCUT2D eigenvalue weighted by atomic mass is 10.1. The Hall–Kier alpha value is -2.29. The van der Waals surface area contributed by atoms with E-state index in [2.05, 4.69) is 5.32 Å². The number of nitrogens with one attached hydrogen (secondary N) is 1. The van der Waals surface area contributed by atoms with Crippen LogP contribution >= 0.6 is 0 Å². The third kappa shape index (κ3) is 4.35. The number of hydrogen-bond acceptors (Lipinski definition) is 2. The Balaban J connectivity index is 1.72. The van der Waals surface area contributed by atoms with Gasteiger partial charge in [-0.15, -0.1) is 0 Å². The number of carbonyl (C=O) groups is 1. The first kappa shape index (κ1) is 15.6. The minimum absolute atomic E-state index is 0.0385. The van der Waals surface area contributed by atoms with Gasteiger partial charge in [-0.05, 0) is 37.1 Å². The van der Waals surface area contributed by atoms with E-state index in [1.807, 2.05) is 54.6 Å². The average Bonchev–Trinajstić information content (AvgIpc) is 2.85. The highest BCUT2D eigenvalue weighted by Crippen LogP contribution is 2.25. The van der Waals surface area contributed by atoms with Gasteiger partial charge in [0.05, 0.1) is 5.56 Å². The second-order valence-corrected chi connectivity index (χ2v) is 6.07. The predicted molar refractivity (Wildman–Crippen MR) is 91.9 cm³/mol. The van der Waals surface area contributed by atoms with Gasteiger partial charge in [-0.2, -0.15) is 0 Å². The summed E-state index contributed by atoms with van der Waals surface area (Å²) in [7, 11) is 0. The van der Waals surface area contributed by atoms with Crippen LogP contribution in [0.5, 0.6) is 11.5 Å². The molecular weight excluding hydrogens is 286 g/mol. The van der Waals surface area contributed by atoms with Crippen LogP contribution in [0, 0.1) is 0 Å². The Kier molecular flexibility index (Phi) is 5.30. The normalized spacial score (nSPS) is 15.7. The summed E-state index contributed by atoms with van der Waals surface area (Å²) in [6.07, 6.45) is 7.11. The van der Waals surface area contributed by atoms with Crippen molar-refractivity contribution in [2.45, 2.75) is 44.6 Å². The molecule has 120 valence electrons. The van der Waals surface area contributed by atoms with Gasteiger partial charge >= 0.3 is 0 Å². The zero-order valence-corrected chi connectivity index (χ0v) is 13.3. The molecule has 0 bridgehead atoms. The summed E-state index contributed by atoms with van der Waals surface area (Å²) in [5.41, 5.74) is 0.598. The third-order valence-corrected chi connectivity index (χ3v) is 4.29. The molecule has 1 N–H and O–H groups in total. The fourth-order valence-electron chi connectivity index (χ4n) is 3.05. The Bertz CT molecular complexity index is 631. The largest absolute Gasteiger partial charge is 0.457 e. The molecule has 1 saturated carbocycles. The zero-order valence-electron chi connectivity index (χ0n) is 13.3. The molecule has 0 radical (unpaired) electrons. The fraction of sp³-hybridized carbons (Fsp3) is 0.350. The van der Waals surface area contributed by atoms with Crippen molar-refractivity contribution in [3.8, 4) is 11.5 Å². The van der Waals surface area contributed by atoms with Crippen molar-refractivity contribution in [2.24, 2.45) is 0 Å². The summed E-state index contributed by atoms with van der Waals surface area (Å²) in [6, 6.07) is 17.3. The standard InChI is InChI=1S/C20H23NO2/c22-20(21-16-10-4-1-2-5-11-16)18-14-8-9-15-19(18)23-17-12-6-3-7-13-17/h3,6-9,12-16H,1-2,4-5,10-11H2,(H,21,22). The van der Waals surface area contributed by atoms with Crippen molar-refractivity contribution < 1.29 is 9.53 Å². The van der Waals surface area contributed by atoms with Crippen molar-refractivity contribution in [3.05, 3.63) is 60.2 Å². The average molecular weight is 309 g/mol. The van der Waals surface area contributed by atoms with Gasteiger partial charge in [0, 0.05) is 6.04 Å². The Labute approximate surface area is 137 Å². The van der Waals surface area contributed by atoms with Crippen LogP contribution in [0.1, 0.15) is 48.9 Å². The lowest BCUT2D eigenvalue weighted by Crippen LogP contribution is -2.34. The van der Waals surface area contributed by atoms with Crippen molar-refractivity contribution in [1.82, 2.24) is 5.32 Å². The molecule has 1 aliphatic carbocycles. The second-order valence-electron chi connectivity index (χ2n) is 6.07. The lowest BCUT2D eigenvalue weighted by Gasteiger charge is -2.17. The molecule has 3 nitrogen and oxygen atoms in total. The molecule has 1 fully saturated rings. The van der Waals surface area contributed by atoms with E-state index in [0.717, 1.165) is 18.6 Å². The highest BCUT2D eigenvalue weighted by molar-refractivity contribution is 5.97. The van der Waals surface area contributed by atoms with E-state index in [0.29, 0.717) is 11.3 Å². The molecule has 0 aromatic heterocycles. The van der Waals surface area contributed by atoms with E-state index in [4.69, 9.17) is 4.74 Å². The van der Waals surface area contributed by atoms with Gasteiger partial charge in [-0.25, -0.2) is 0 Å². The van der Waals surface area contributed by atoms with Crippen LogP contribution in [0.4, 0.5) is 0 Å². The molecule has 3 rings (SSSR count). The molecule has 3 heteroatoms. The third-order valence-electron chi connectivity index (χ3n) is 4.29. The maximum Gasteiger partial charge on any atom is 0.255 e. The molecule has 2 aromatic rings. The fourth-order valence-corrected chi connectivity index (χ4v) is 3.05. The van der Waals surface area contributed by atoms with Crippen LogP contribution in [0.2, 0.25) is 0 Å². The smallest absolute Gasteiger partial charge is 0.255 e. The number of amides is 1. The number of rotatable bonds is 4. The van der Waals surface area contributed by atoms with Crippen LogP contribution in [0.3, 0.4) is 0 Å². The quantitative estimate of drug-likeness (QED) is 0.813. The second kappa shape index (κ2) is 7.82. The predicted octanol–water partition coefficient (Wildman–Crippen LogP) is 4.93. The lowest BCUT2D eigenvalue weighted by molar-refractivity contribution is 0.0931. The minimum Gasteiger partial charge on any atom is -0.457 e. The summed E-state index contributed by atoms with van der Waals surface area (Å²) in [5, 5.41) is 3.18. The molecule has 0 spiro atoms. The highest BCUT2D eigenvalue weighted by Gasteiger charge is 2.18. The summed E-state index contributed by atoms with van der Waals surface area (Å²) < 4.78 is 5.88. The van der Waals surface area contributed by atoms with Gasteiger partial charge in [-0.3, -0.25) is 4.79 Å². The molecule has 0 heterocycles. The number of hydrogen-bond donors (Lipinski definition) is 1. The maximum atomic E-state index is 12.6. The highest BCUT2D eigenvalue weighted by atomic mass is 16.5. The first-order valence-corrected chi connectivity index (χ1v) is 8.46. The van der Waals surface area contributed by atoms with Crippen LogP contribution in [0.25, 0.3) is 0 Å². The number of para-hydroxylation sites is 2. The van der Waals surface area contributed by atoms with Crippen molar-refractivity contribution in [3.63, 3.8) is 0 Å². The van der Waals surface area contributed by atoms with Crippen LogP contribution in [-0.2, 0) is 0 Å². The Morgan fingerprint density at radius 2 is 1.52 bits per heavy atom. The van der Waals surface area contributed by atoms with Crippen molar-refractivity contribution in [1.29, 1.82) is 0 Å². The zero-order chi connectivity index (χ0) is 15.9. The van der Waals surface area contributed by atoms with E-state index in [1.165, 1.54) is 25.7 Å². The van der Waals surface area contributed by atoms with Gasteiger partial charge < -0.3 is 10.1 Å². The summed E-state index contributed by atoms with van der Waals surface area (Å²) in [4.78, 5) is 12.6. The summed E-state index contributed by atoms with van der Waals surface area (Å²) in [6.45, 7) is 0. The molecule has 0 aliphatic heterocycles. The molecule has 0 saturated heterocycles. The van der Waals surface area contributed by atoms with Crippen molar-refractivity contribution >= 4 is 5.91 Å². The molecular formula is C20H23NO2. The van der Waals surface area contributed by atoms with Gasteiger partial charge in [0.1, 0.15) is 11.5 Å². The monoisotopic (exact) mass is 309 g/mol. The molecule has 2 aromatic carbocycles. The van der Waals surface area contributed by atoms with E-state index in [9.17, 15) is 4.79 Å². The van der Waals surface area contributed by atoms with Crippen LogP contribution in [0.15, 0.2) is 54.6 Å². The topological polar surface area (TPSA) is 38.3 Å². The first-order chi connectivity index (χ1) is 11.3. The number of ether oxygens (including phenoxy) is 1.